The van der Waals surface area contributed by atoms with Gasteiger partial charge in [-0.3, -0.25) is 9.69 Å². The van der Waals surface area contributed by atoms with Crippen molar-refractivity contribution in [2.24, 2.45) is 0 Å². The van der Waals surface area contributed by atoms with Gasteiger partial charge in [-0.15, -0.1) is 0 Å². The van der Waals surface area contributed by atoms with Gasteiger partial charge in [0.25, 0.3) is 0 Å². The lowest BCUT2D eigenvalue weighted by Gasteiger charge is -2.33. The van der Waals surface area contributed by atoms with Crippen LogP contribution in [0, 0.1) is 0 Å². The van der Waals surface area contributed by atoms with Crippen molar-refractivity contribution >= 4 is 11.6 Å². The van der Waals surface area contributed by atoms with Crippen LogP contribution in [0.15, 0.2) is 24.3 Å². The van der Waals surface area contributed by atoms with Crippen molar-refractivity contribution in [1.29, 1.82) is 0 Å². The van der Waals surface area contributed by atoms with Crippen LogP contribution >= 0.6 is 0 Å². The van der Waals surface area contributed by atoms with E-state index in [4.69, 9.17) is 4.74 Å². The van der Waals surface area contributed by atoms with Crippen LogP contribution in [0.3, 0.4) is 0 Å². The number of likely N-dealkylation sites (N-methyl/N-ethyl adjacent to an activating group) is 1. The fraction of sp³-hybridized carbons (Fsp3) is 0.562. The van der Waals surface area contributed by atoms with Crippen LogP contribution in [0.2, 0.25) is 0 Å². The van der Waals surface area contributed by atoms with Crippen LogP contribution in [0.25, 0.3) is 0 Å². The normalized spacial score (nSPS) is 16.0. The van der Waals surface area contributed by atoms with E-state index in [1.54, 1.807) is 7.11 Å². The van der Waals surface area contributed by atoms with Gasteiger partial charge in [-0.05, 0) is 56.7 Å². The lowest BCUT2D eigenvalue weighted by atomic mass is 10.0. The van der Waals surface area contributed by atoms with Gasteiger partial charge in [0.1, 0.15) is 5.75 Å². The lowest BCUT2D eigenvalue weighted by Crippen LogP contribution is -2.46. The summed E-state index contributed by atoms with van der Waals surface area (Å²) in [6.07, 6.45) is 2.23. The largest absolute Gasteiger partial charge is 0.497 e. The zero-order chi connectivity index (χ0) is 15.1. The Morgan fingerprint density at radius 3 is 2.57 bits per heavy atom. The van der Waals surface area contributed by atoms with Crippen LogP contribution in [-0.4, -0.2) is 50.1 Å². The molecule has 1 amide bonds. The van der Waals surface area contributed by atoms with Gasteiger partial charge in [0.05, 0.1) is 13.7 Å². The number of ether oxygens (including phenoxy) is 1. The average molecular weight is 291 g/mol. The monoisotopic (exact) mass is 291 g/mol. The zero-order valence-electron chi connectivity index (χ0n) is 12.9. The number of piperidine rings is 1. The summed E-state index contributed by atoms with van der Waals surface area (Å²) < 4.78 is 5.11. The van der Waals surface area contributed by atoms with Gasteiger partial charge >= 0.3 is 0 Å². The van der Waals surface area contributed by atoms with Gasteiger partial charge in [-0.1, -0.05) is 6.92 Å². The standard InChI is InChI=1S/C16H25N3O2/c1-3-19(14-8-10-17-11-9-14)12-16(20)18-13-4-6-15(21-2)7-5-13/h4-7,14,17H,3,8-12H2,1-2H3,(H,18,20). The molecule has 5 nitrogen and oxygen atoms in total. The summed E-state index contributed by atoms with van der Waals surface area (Å²) in [6.45, 7) is 5.55. The molecule has 0 atom stereocenters. The van der Waals surface area contributed by atoms with E-state index in [0.29, 0.717) is 12.6 Å². The molecule has 0 bridgehead atoms. The maximum atomic E-state index is 12.2. The molecule has 116 valence electrons. The number of rotatable bonds is 6. The Labute approximate surface area is 126 Å². The SMILES string of the molecule is CCN(CC(=O)Nc1ccc(OC)cc1)C1CCNCC1. The van der Waals surface area contributed by atoms with Gasteiger partial charge in [-0.2, -0.15) is 0 Å². The molecule has 0 aliphatic carbocycles. The van der Waals surface area contributed by atoms with E-state index in [-0.39, 0.29) is 5.91 Å². The molecule has 1 aliphatic rings. The van der Waals surface area contributed by atoms with Crippen molar-refractivity contribution in [1.82, 2.24) is 10.2 Å². The van der Waals surface area contributed by atoms with Crippen molar-refractivity contribution in [3.8, 4) is 5.75 Å². The van der Waals surface area contributed by atoms with E-state index in [1.807, 2.05) is 24.3 Å². The van der Waals surface area contributed by atoms with E-state index in [9.17, 15) is 4.79 Å². The predicted molar refractivity (Wildman–Crippen MR) is 84.8 cm³/mol. The summed E-state index contributed by atoms with van der Waals surface area (Å²) in [5, 5.41) is 6.30. The van der Waals surface area contributed by atoms with Gasteiger partial charge in [-0.25, -0.2) is 0 Å². The molecule has 0 unspecified atom stereocenters. The molecule has 21 heavy (non-hydrogen) atoms. The molecule has 1 aromatic rings. The molecule has 2 rings (SSSR count). The van der Waals surface area contributed by atoms with Crippen molar-refractivity contribution < 1.29 is 9.53 Å². The fourth-order valence-electron chi connectivity index (χ4n) is 2.73. The molecule has 1 saturated heterocycles. The van der Waals surface area contributed by atoms with Crippen molar-refractivity contribution in [2.75, 3.05) is 38.6 Å². The minimum atomic E-state index is 0.0422. The Bertz CT molecular complexity index is 441. The van der Waals surface area contributed by atoms with Crippen molar-refractivity contribution in [3.63, 3.8) is 0 Å². The number of hydrogen-bond donors (Lipinski definition) is 2. The third kappa shape index (κ3) is 4.72. The molecular weight excluding hydrogens is 266 g/mol. The smallest absolute Gasteiger partial charge is 0.238 e. The molecule has 1 fully saturated rings. The minimum Gasteiger partial charge on any atom is -0.497 e. The maximum absolute atomic E-state index is 12.2. The van der Waals surface area contributed by atoms with Gasteiger partial charge < -0.3 is 15.4 Å². The average Bonchev–Trinajstić information content (AvgIpc) is 2.54. The van der Waals surface area contributed by atoms with E-state index >= 15 is 0 Å². The molecule has 0 radical (unpaired) electrons. The molecular formula is C16H25N3O2. The van der Waals surface area contributed by atoms with Crippen LogP contribution < -0.4 is 15.4 Å². The number of methoxy groups -OCH3 is 1. The Morgan fingerprint density at radius 2 is 2.00 bits per heavy atom. The summed E-state index contributed by atoms with van der Waals surface area (Å²) in [5.41, 5.74) is 0.808. The molecule has 5 heteroatoms. The summed E-state index contributed by atoms with van der Waals surface area (Å²) in [6, 6.07) is 7.92. The second-order valence-corrected chi connectivity index (χ2v) is 5.32. The minimum absolute atomic E-state index is 0.0422. The number of anilines is 1. The van der Waals surface area contributed by atoms with E-state index in [0.717, 1.165) is 43.9 Å². The van der Waals surface area contributed by atoms with Crippen LogP contribution in [0.1, 0.15) is 19.8 Å². The third-order valence-electron chi connectivity index (χ3n) is 3.95. The highest BCUT2D eigenvalue weighted by atomic mass is 16.5. The first-order chi connectivity index (χ1) is 10.2. The zero-order valence-corrected chi connectivity index (χ0v) is 12.9. The Balaban J connectivity index is 1.86. The number of hydrogen-bond acceptors (Lipinski definition) is 4. The Morgan fingerprint density at radius 1 is 1.33 bits per heavy atom. The van der Waals surface area contributed by atoms with E-state index < -0.39 is 0 Å². The summed E-state index contributed by atoms with van der Waals surface area (Å²) in [7, 11) is 1.63. The second kappa shape index (κ2) is 8.00. The van der Waals surface area contributed by atoms with E-state index in [1.165, 1.54) is 0 Å². The highest BCUT2D eigenvalue weighted by Crippen LogP contribution is 2.16. The first-order valence-corrected chi connectivity index (χ1v) is 7.61. The number of carbonyl (C=O) groups is 1. The lowest BCUT2D eigenvalue weighted by molar-refractivity contribution is -0.118. The van der Waals surface area contributed by atoms with Crippen molar-refractivity contribution in [2.45, 2.75) is 25.8 Å². The number of amides is 1. The molecule has 1 aromatic carbocycles. The van der Waals surface area contributed by atoms with Gasteiger partial charge in [0.15, 0.2) is 0 Å². The van der Waals surface area contributed by atoms with Gasteiger partial charge in [0, 0.05) is 11.7 Å². The van der Waals surface area contributed by atoms with Gasteiger partial charge in [0.2, 0.25) is 5.91 Å². The van der Waals surface area contributed by atoms with Crippen LogP contribution in [-0.2, 0) is 4.79 Å². The van der Waals surface area contributed by atoms with Crippen LogP contribution in [0.5, 0.6) is 5.75 Å². The molecule has 1 heterocycles. The van der Waals surface area contributed by atoms with E-state index in [2.05, 4.69) is 22.5 Å². The Hall–Kier alpha value is -1.59. The number of carbonyl (C=O) groups excluding carboxylic acids is 1. The molecule has 0 aromatic heterocycles. The number of benzene rings is 1. The number of nitrogens with zero attached hydrogens (tertiary/aromatic N) is 1. The molecule has 0 spiro atoms. The molecule has 2 N–H and O–H groups in total. The first-order valence-electron chi connectivity index (χ1n) is 7.61. The highest BCUT2D eigenvalue weighted by Gasteiger charge is 2.21. The summed E-state index contributed by atoms with van der Waals surface area (Å²) in [4.78, 5) is 14.4. The topological polar surface area (TPSA) is 53.6 Å². The second-order valence-electron chi connectivity index (χ2n) is 5.32. The summed E-state index contributed by atoms with van der Waals surface area (Å²) in [5.74, 6) is 0.832. The first kappa shape index (κ1) is 15.8. The molecule has 1 aliphatic heterocycles. The van der Waals surface area contributed by atoms with Crippen LogP contribution in [0.4, 0.5) is 5.69 Å². The van der Waals surface area contributed by atoms with Crippen molar-refractivity contribution in [3.05, 3.63) is 24.3 Å². The highest BCUT2D eigenvalue weighted by molar-refractivity contribution is 5.92. The maximum Gasteiger partial charge on any atom is 0.238 e. The predicted octanol–water partition coefficient (Wildman–Crippen LogP) is 1.71. The fourth-order valence-corrected chi connectivity index (χ4v) is 2.73. The quantitative estimate of drug-likeness (QED) is 0.838. The molecule has 0 saturated carbocycles. The summed E-state index contributed by atoms with van der Waals surface area (Å²) >= 11 is 0. The third-order valence-corrected chi connectivity index (χ3v) is 3.95. The Kier molecular flexibility index (Phi) is 6.02. The number of nitrogens with one attached hydrogen (secondary N) is 2.